The number of ether oxygens (including phenoxy) is 1. The molecular weight excluding hydrogens is 332 g/mol. The first-order valence-corrected chi connectivity index (χ1v) is 9.40. The van der Waals surface area contributed by atoms with E-state index in [9.17, 15) is 0 Å². The van der Waals surface area contributed by atoms with E-state index in [-0.39, 0.29) is 0 Å². The number of benzene rings is 1. The highest BCUT2D eigenvalue weighted by molar-refractivity contribution is 6.30. The lowest BCUT2D eigenvalue weighted by Gasteiger charge is -2.39. The van der Waals surface area contributed by atoms with Crippen molar-refractivity contribution in [1.29, 1.82) is 0 Å². The summed E-state index contributed by atoms with van der Waals surface area (Å²) >= 11 is 6.04. The standard InChI is InChI=1S/C21H27ClN2O/c1-3-17-14-24(19-9-11-23-12-10-19)20(15-25-21(17)4-2)13-16-5-7-18(22)8-6-16/h3-8,19-20,23H,1-2,9-15H2. The van der Waals surface area contributed by atoms with E-state index >= 15 is 0 Å². The highest BCUT2D eigenvalue weighted by Crippen LogP contribution is 2.26. The average molecular weight is 359 g/mol. The number of halogens is 1. The van der Waals surface area contributed by atoms with Crippen molar-refractivity contribution in [1.82, 2.24) is 10.2 Å². The van der Waals surface area contributed by atoms with E-state index in [0.29, 0.717) is 18.7 Å². The molecule has 134 valence electrons. The van der Waals surface area contributed by atoms with Crippen molar-refractivity contribution >= 4 is 11.6 Å². The summed E-state index contributed by atoms with van der Waals surface area (Å²) in [6, 6.07) is 9.06. The molecule has 0 spiro atoms. The Morgan fingerprint density at radius 1 is 1.16 bits per heavy atom. The quantitative estimate of drug-likeness (QED) is 0.862. The Morgan fingerprint density at radius 3 is 2.52 bits per heavy atom. The first-order valence-electron chi connectivity index (χ1n) is 9.03. The molecule has 2 aliphatic rings. The summed E-state index contributed by atoms with van der Waals surface area (Å²) in [6.07, 6.45) is 7.02. The third kappa shape index (κ3) is 4.55. The van der Waals surface area contributed by atoms with E-state index in [2.05, 4.69) is 35.5 Å². The topological polar surface area (TPSA) is 24.5 Å². The van der Waals surface area contributed by atoms with Gasteiger partial charge < -0.3 is 10.1 Å². The molecule has 1 aromatic rings. The Bertz CT molecular complexity index is 632. The molecule has 0 radical (unpaired) electrons. The van der Waals surface area contributed by atoms with Gasteiger partial charge in [-0.2, -0.15) is 0 Å². The number of piperidine rings is 1. The van der Waals surface area contributed by atoms with Gasteiger partial charge in [0.2, 0.25) is 0 Å². The third-order valence-electron chi connectivity index (χ3n) is 5.16. The summed E-state index contributed by atoms with van der Waals surface area (Å²) < 4.78 is 6.09. The van der Waals surface area contributed by atoms with Gasteiger partial charge in [0.05, 0.1) is 0 Å². The normalized spacial score (nSPS) is 23.0. The van der Waals surface area contributed by atoms with Crippen LogP contribution in [0.5, 0.6) is 0 Å². The first-order chi connectivity index (χ1) is 12.2. The van der Waals surface area contributed by atoms with Crippen LogP contribution in [-0.2, 0) is 11.2 Å². The van der Waals surface area contributed by atoms with Gasteiger partial charge in [-0.15, -0.1) is 0 Å². The zero-order valence-corrected chi connectivity index (χ0v) is 15.5. The molecule has 1 aromatic carbocycles. The SMILES string of the molecule is C=CC1=C(C=C)OCC(Cc2ccc(Cl)cc2)N(C2CCNCC2)C1. The highest BCUT2D eigenvalue weighted by Gasteiger charge is 2.31. The molecule has 0 bridgehead atoms. The highest BCUT2D eigenvalue weighted by atomic mass is 35.5. The van der Waals surface area contributed by atoms with E-state index in [1.807, 2.05) is 24.3 Å². The maximum atomic E-state index is 6.09. The molecule has 0 amide bonds. The summed E-state index contributed by atoms with van der Waals surface area (Å²) in [6.45, 7) is 11.6. The van der Waals surface area contributed by atoms with Crippen LogP contribution in [0.1, 0.15) is 18.4 Å². The van der Waals surface area contributed by atoms with Crippen LogP contribution in [0.25, 0.3) is 0 Å². The van der Waals surface area contributed by atoms with Crippen LogP contribution in [0.15, 0.2) is 60.9 Å². The van der Waals surface area contributed by atoms with Crippen molar-refractivity contribution in [3.8, 4) is 0 Å². The summed E-state index contributed by atoms with van der Waals surface area (Å²) in [7, 11) is 0. The van der Waals surface area contributed by atoms with Gasteiger partial charge in [-0.1, -0.05) is 43.0 Å². The fourth-order valence-corrected chi connectivity index (χ4v) is 3.89. The minimum Gasteiger partial charge on any atom is -0.492 e. The lowest BCUT2D eigenvalue weighted by Crippen LogP contribution is -2.50. The van der Waals surface area contributed by atoms with Crippen LogP contribution in [0.2, 0.25) is 5.02 Å². The maximum Gasteiger partial charge on any atom is 0.123 e. The number of hydrogen-bond acceptors (Lipinski definition) is 3. The smallest absolute Gasteiger partial charge is 0.123 e. The molecule has 3 nitrogen and oxygen atoms in total. The van der Waals surface area contributed by atoms with Crippen molar-refractivity contribution in [2.45, 2.75) is 31.3 Å². The molecular formula is C21H27ClN2O. The van der Waals surface area contributed by atoms with Crippen LogP contribution in [0.4, 0.5) is 0 Å². The van der Waals surface area contributed by atoms with Gasteiger partial charge in [0, 0.05) is 29.2 Å². The zero-order valence-electron chi connectivity index (χ0n) is 14.7. The molecule has 4 heteroatoms. The molecule has 2 heterocycles. The number of nitrogens with one attached hydrogen (secondary N) is 1. The second-order valence-electron chi connectivity index (χ2n) is 6.75. The molecule has 25 heavy (non-hydrogen) atoms. The predicted octanol–water partition coefficient (Wildman–Crippen LogP) is 3.96. The Morgan fingerprint density at radius 2 is 1.88 bits per heavy atom. The van der Waals surface area contributed by atoms with E-state index in [0.717, 1.165) is 42.4 Å². The van der Waals surface area contributed by atoms with Gasteiger partial charge in [0.1, 0.15) is 12.4 Å². The molecule has 1 atom stereocenters. The molecule has 3 rings (SSSR count). The Balaban J connectivity index is 1.84. The first kappa shape index (κ1) is 18.2. The Labute approximate surface area is 156 Å². The second kappa shape index (κ2) is 8.70. The van der Waals surface area contributed by atoms with Crippen LogP contribution in [0.3, 0.4) is 0 Å². The second-order valence-corrected chi connectivity index (χ2v) is 7.18. The number of nitrogens with zero attached hydrogens (tertiary/aromatic N) is 1. The van der Waals surface area contributed by atoms with E-state index in [1.165, 1.54) is 18.4 Å². The molecule has 0 aliphatic carbocycles. The van der Waals surface area contributed by atoms with Crippen LogP contribution in [0, 0.1) is 0 Å². The van der Waals surface area contributed by atoms with Gasteiger partial charge in [-0.05, 0) is 56.1 Å². The molecule has 0 saturated carbocycles. The summed E-state index contributed by atoms with van der Waals surface area (Å²) in [5, 5.41) is 4.24. The molecule has 0 aromatic heterocycles. The third-order valence-corrected chi connectivity index (χ3v) is 5.42. The zero-order chi connectivity index (χ0) is 17.6. The van der Waals surface area contributed by atoms with Crippen molar-refractivity contribution in [2.24, 2.45) is 0 Å². The predicted molar refractivity (Wildman–Crippen MR) is 105 cm³/mol. The Kier molecular flexibility index (Phi) is 6.35. The summed E-state index contributed by atoms with van der Waals surface area (Å²) in [4.78, 5) is 2.61. The average Bonchev–Trinajstić information content (AvgIpc) is 2.83. The minimum absolute atomic E-state index is 0.330. The van der Waals surface area contributed by atoms with E-state index in [1.54, 1.807) is 0 Å². The summed E-state index contributed by atoms with van der Waals surface area (Å²) in [5.74, 6) is 0.868. The fraction of sp³-hybridized carbons (Fsp3) is 0.429. The van der Waals surface area contributed by atoms with Gasteiger partial charge in [0.25, 0.3) is 0 Å². The van der Waals surface area contributed by atoms with Crippen LogP contribution < -0.4 is 5.32 Å². The van der Waals surface area contributed by atoms with Gasteiger partial charge >= 0.3 is 0 Å². The molecule has 1 fully saturated rings. The minimum atomic E-state index is 0.330. The van der Waals surface area contributed by atoms with Gasteiger partial charge in [-0.25, -0.2) is 0 Å². The molecule has 2 aliphatic heterocycles. The lowest BCUT2D eigenvalue weighted by molar-refractivity contribution is 0.0783. The lowest BCUT2D eigenvalue weighted by atomic mass is 9.98. The number of rotatable bonds is 5. The van der Waals surface area contributed by atoms with Crippen molar-refractivity contribution in [3.05, 3.63) is 71.5 Å². The summed E-state index contributed by atoms with van der Waals surface area (Å²) in [5.41, 5.74) is 2.42. The largest absolute Gasteiger partial charge is 0.492 e. The van der Waals surface area contributed by atoms with Crippen LogP contribution in [-0.4, -0.2) is 43.2 Å². The number of allylic oxidation sites excluding steroid dienone is 1. The van der Waals surface area contributed by atoms with Gasteiger partial charge in [-0.3, -0.25) is 4.90 Å². The van der Waals surface area contributed by atoms with Crippen molar-refractivity contribution < 1.29 is 4.74 Å². The Hall–Kier alpha value is -1.55. The molecule has 1 N–H and O–H groups in total. The van der Waals surface area contributed by atoms with Crippen LogP contribution >= 0.6 is 11.6 Å². The number of hydrogen-bond donors (Lipinski definition) is 1. The molecule has 1 saturated heterocycles. The maximum absolute atomic E-state index is 6.09. The molecule has 1 unspecified atom stereocenters. The van der Waals surface area contributed by atoms with E-state index < -0.39 is 0 Å². The van der Waals surface area contributed by atoms with E-state index in [4.69, 9.17) is 16.3 Å². The van der Waals surface area contributed by atoms with Gasteiger partial charge in [0.15, 0.2) is 0 Å². The monoisotopic (exact) mass is 358 g/mol. The van der Waals surface area contributed by atoms with Crippen molar-refractivity contribution in [2.75, 3.05) is 26.2 Å². The van der Waals surface area contributed by atoms with Crippen molar-refractivity contribution in [3.63, 3.8) is 0 Å². The fourth-order valence-electron chi connectivity index (χ4n) is 3.77.